The summed E-state index contributed by atoms with van der Waals surface area (Å²) in [4.78, 5) is 4.03. The van der Waals surface area contributed by atoms with E-state index in [2.05, 4.69) is 26.2 Å². The third-order valence-electron chi connectivity index (χ3n) is 2.59. The van der Waals surface area contributed by atoms with Gasteiger partial charge >= 0.3 is 0 Å². The fourth-order valence-electron chi connectivity index (χ4n) is 1.86. The summed E-state index contributed by atoms with van der Waals surface area (Å²) < 4.78 is 1.07. The lowest BCUT2D eigenvalue weighted by Crippen LogP contribution is -2.28. The number of hydrogen-bond acceptors (Lipinski definition) is 2. The van der Waals surface area contributed by atoms with Gasteiger partial charge in [-0.05, 0) is 52.9 Å². The molecule has 14 heavy (non-hydrogen) atoms. The second-order valence-corrected chi connectivity index (χ2v) is 4.81. The van der Waals surface area contributed by atoms with Gasteiger partial charge in [-0.15, -0.1) is 0 Å². The Morgan fingerprint density at radius 3 is 3.14 bits per heavy atom. The van der Waals surface area contributed by atoms with Crippen LogP contribution >= 0.6 is 27.5 Å². The van der Waals surface area contributed by atoms with Gasteiger partial charge in [-0.1, -0.05) is 11.6 Å². The van der Waals surface area contributed by atoms with Crippen molar-refractivity contribution < 1.29 is 0 Å². The van der Waals surface area contributed by atoms with Gasteiger partial charge in [0, 0.05) is 17.2 Å². The van der Waals surface area contributed by atoms with E-state index in [-0.39, 0.29) is 0 Å². The number of nitrogens with one attached hydrogen (secondary N) is 1. The fourth-order valence-corrected chi connectivity index (χ4v) is 2.56. The highest BCUT2D eigenvalue weighted by Gasteiger charge is 2.17. The summed E-state index contributed by atoms with van der Waals surface area (Å²) in [7, 11) is 0. The van der Waals surface area contributed by atoms with Crippen LogP contribution in [0.15, 0.2) is 16.7 Å². The molecule has 0 spiro atoms. The van der Waals surface area contributed by atoms with Crippen LogP contribution in [0, 0.1) is 0 Å². The Labute approximate surface area is 97.2 Å². The Hall–Kier alpha value is -0.120. The van der Waals surface area contributed by atoms with Crippen LogP contribution in [0.5, 0.6) is 0 Å². The quantitative estimate of drug-likeness (QED) is 0.797. The maximum atomic E-state index is 5.88. The van der Waals surface area contributed by atoms with Crippen molar-refractivity contribution >= 4 is 27.5 Å². The predicted molar refractivity (Wildman–Crippen MR) is 61.8 cm³/mol. The van der Waals surface area contributed by atoms with Gasteiger partial charge in [0.05, 0.1) is 0 Å². The lowest BCUT2D eigenvalue weighted by molar-refractivity contribution is 0.460. The Morgan fingerprint density at radius 2 is 2.43 bits per heavy atom. The predicted octanol–water partition coefficient (Wildman–Crippen LogP) is 2.96. The second-order valence-electron chi connectivity index (χ2n) is 3.57. The molecule has 1 unspecified atom stereocenters. The van der Waals surface area contributed by atoms with Gasteiger partial charge in [0.2, 0.25) is 0 Å². The lowest BCUT2D eigenvalue weighted by atomic mass is 9.92. The molecule has 0 aromatic carbocycles. The molecule has 1 atom stereocenters. The van der Waals surface area contributed by atoms with Crippen molar-refractivity contribution in [1.29, 1.82) is 0 Å². The average Bonchev–Trinajstić information content (AvgIpc) is 2.23. The fraction of sp³-hybridized carbons (Fsp3) is 0.500. The van der Waals surface area contributed by atoms with Crippen LogP contribution in [0.4, 0.5) is 0 Å². The number of nitrogens with zero attached hydrogens (tertiary/aromatic N) is 1. The topological polar surface area (TPSA) is 24.9 Å². The minimum absolute atomic E-state index is 0.568. The zero-order valence-corrected chi connectivity index (χ0v) is 10.1. The highest BCUT2D eigenvalue weighted by molar-refractivity contribution is 9.10. The minimum atomic E-state index is 0.568. The summed E-state index contributed by atoms with van der Waals surface area (Å²) in [6.07, 6.45) is 4.25. The first-order chi connectivity index (χ1) is 6.77. The molecule has 0 aliphatic carbocycles. The zero-order valence-electron chi connectivity index (χ0n) is 7.76. The molecule has 0 bridgehead atoms. The minimum Gasteiger partial charge on any atom is -0.316 e. The van der Waals surface area contributed by atoms with Crippen molar-refractivity contribution in [2.45, 2.75) is 18.8 Å². The van der Waals surface area contributed by atoms with Gasteiger partial charge in [0.15, 0.2) is 0 Å². The lowest BCUT2D eigenvalue weighted by Gasteiger charge is -2.23. The Bertz CT molecular complexity index is 324. The Kier molecular flexibility index (Phi) is 3.42. The molecule has 2 nitrogen and oxygen atoms in total. The molecule has 0 radical (unpaired) electrons. The van der Waals surface area contributed by atoms with Crippen LogP contribution in [0.25, 0.3) is 0 Å². The van der Waals surface area contributed by atoms with E-state index in [1.807, 2.05) is 6.07 Å². The molecular formula is C10H12BrClN2. The van der Waals surface area contributed by atoms with Gasteiger partial charge in [-0.25, -0.2) is 4.98 Å². The third kappa shape index (κ3) is 2.27. The number of pyridine rings is 1. The molecule has 1 aliphatic heterocycles. The van der Waals surface area contributed by atoms with E-state index >= 15 is 0 Å². The molecule has 2 rings (SSSR count). The number of aromatic nitrogens is 1. The zero-order chi connectivity index (χ0) is 9.97. The molecule has 1 fully saturated rings. The summed E-state index contributed by atoms with van der Waals surface area (Å²) in [5, 5.41) is 3.97. The second kappa shape index (κ2) is 4.60. The van der Waals surface area contributed by atoms with Crippen molar-refractivity contribution in [2.24, 2.45) is 0 Å². The van der Waals surface area contributed by atoms with E-state index in [9.17, 15) is 0 Å². The highest BCUT2D eigenvalue weighted by Crippen LogP contribution is 2.30. The Balaban J connectivity index is 2.24. The van der Waals surface area contributed by atoms with Crippen molar-refractivity contribution in [3.8, 4) is 0 Å². The summed E-state index contributed by atoms with van der Waals surface area (Å²) in [5.41, 5.74) is 1.28. The van der Waals surface area contributed by atoms with Crippen LogP contribution in [0.2, 0.25) is 5.15 Å². The van der Waals surface area contributed by atoms with Crippen molar-refractivity contribution in [3.63, 3.8) is 0 Å². The molecule has 1 aromatic rings. The maximum absolute atomic E-state index is 5.88. The molecule has 1 aromatic heterocycles. The average molecular weight is 276 g/mol. The molecule has 1 N–H and O–H groups in total. The number of hydrogen-bond donors (Lipinski definition) is 1. The SMILES string of the molecule is Clc1cc(C2CCCNC2)c(Br)cn1. The summed E-state index contributed by atoms with van der Waals surface area (Å²) >= 11 is 9.40. The number of rotatable bonds is 1. The van der Waals surface area contributed by atoms with Crippen molar-refractivity contribution in [3.05, 3.63) is 27.5 Å². The van der Waals surface area contributed by atoms with Gasteiger partial charge in [-0.2, -0.15) is 0 Å². The van der Waals surface area contributed by atoms with Crippen molar-refractivity contribution in [2.75, 3.05) is 13.1 Å². The summed E-state index contributed by atoms with van der Waals surface area (Å²) in [6, 6.07) is 1.96. The van der Waals surface area contributed by atoms with Gasteiger partial charge in [-0.3, -0.25) is 0 Å². The third-order valence-corrected chi connectivity index (χ3v) is 3.46. The van der Waals surface area contributed by atoms with E-state index in [1.54, 1.807) is 6.20 Å². The number of piperidine rings is 1. The maximum Gasteiger partial charge on any atom is 0.129 e. The van der Waals surface area contributed by atoms with Crippen LogP contribution in [0.3, 0.4) is 0 Å². The molecule has 1 aliphatic rings. The molecule has 4 heteroatoms. The molecule has 2 heterocycles. The van der Waals surface area contributed by atoms with Crippen LogP contribution < -0.4 is 5.32 Å². The first-order valence-electron chi connectivity index (χ1n) is 4.79. The van der Waals surface area contributed by atoms with Gasteiger partial charge < -0.3 is 5.32 Å². The standard InChI is InChI=1S/C10H12BrClN2/c11-9-6-14-10(12)4-8(9)7-2-1-3-13-5-7/h4,6-7,13H,1-3,5H2. The first-order valence-corrected chi connectivity index (χ1v) is 5.96. The molecule has 0 amide bonds. The van der Waals surface area contributed by atoms with Crippen LogP contribution in [0.1, 0.15) is 24.3 Å². The van der Waals surface area contributed by atoms with E-state index in [0.717, 1.165) is 17.6 Å². The van der Waals surface area contributed by atoms with Crippen molar-refractivity contribution in [1.82, 2.24) is 10.3 Å². The van der Waals surface area contributed by atoms with Gasteiger partial charge in [0.25, 0.3) is 0 Å². The molecule has 0 saturated carbocycles. The Morgan fingerprint density at radius 1 is 1.57 bits per heavy atom. The van der Waals surface area contributed by atoms with E-state index < -0.39 is 0 Å². The molecule has 1 saturated heterocycles. The summed E-state index contributed by atoms with van der Waals surface area (Å²) in [6.45, 7) is 2.17. The largest absolute Gasteiger partial charge is 0.316 e. The highest BCUT2D eigenvalue weighted by atomic mass is 79.9. The molecular weight excluding hydrogens is 263 g/mol. The van der Waals surface area contributed by atoms with Gasteiger partial charge in [0.1, 0.15) is 5.15 Å². The normalized spacial score (nSPS) is 22.3. The van der Waals surface area contributed by atoms with E-state index in [1.165, 1.54) is 18.4 Å². The summed E-state index contributed by atoms with van der Waals surface area (Å²) in [5.74, 6) is 0.568. The molecule has 76 valence electrons. The van der Waals surface area contributed by atoms with Crippen LogP contribution in [-0.2, 0) is 0 Å². The van der Waals surface area contributed by atoms with Crippen LogP contribution in [-0.4, -0.2) is 18.1 Å². The van der Waals surface area contributed by atoms with E-state index in [4.69, 9.17) is 11.6 Å². The number of halogens is 2. The van der Waals surface area contributed by atoms with E-state index in [0.29, 0.717) is 11.1 Å². The monoisotopic (exact) mass is 274 g/mol. The smallest absolute Gasteiger partial charge is 0.129 e. The first kappa shape index (κ1) is 10.4.